The lowest BCUT2D eigenvalue weighted by Crippen LogP contribution is -1.84. The van der Waals surface area contributed by atoms with E-state index in [4.69, 9.17) is 11.0 Å². The van der Waals surface area contributed by atoms with Crippen LogP contribution in [0.3, 0.4) is 0 Å². The predicted octanol–water partition coefficient (Wildman–Crippen LogP) is 0.195. The van der Waals surface area contributed by atoms with Crippen LogP contribution in [0.25, 0.3) is 0 Å². The molecule has 0 saturated heterocycles. The summed E-state index contributed by atoms with van der Waals surface area (Å²) in [7, 11) is -0.848. The van der Waals surface area contributed by atoms with Gasteiger partial charge in [0, 0.05) is 7.68 Å². The summed E-state index contributed by atoms with van der Waals surface area (Å²) in [5.74, 6) is 0. The van der Waals surface area contributed by atoms with Gasteiger partial charge in [-0.05, 0) is 6.92 Å². The summed E-state index contributed by atoms with van der Waals surface area (Å²) in [5.41, 5.74) is 12.7. The van der Waals surface area contributed by atoms with Gasteiger partial charge in [-0.3, -0.25) is 11.0 Å². The van der Waals surface area contributed by atoms with Crippen LogP contribution < -0.4 is 11.0 Å². The lowest BCUT2D eigenvalue weighted by Gasteiger charge is -1.70. The maximum absolute atomic E-state index is 5.02. The molecule has 3 heteroatoms. The van der Waals surface area contributed by atoms with Crippen LogP contribution in [0.1, 0.15) is 6.92 Å². The number of nitrogens with two attached hydrogens (primary N) is 2. The van der Waals surface area contributed by atoms with Gasteiger partial charge in [0.25, 0.3) is 0 Å². The molecule has 0 rings (SSSR count). The molecule has 0 unspecified atom stereocenters. The maximum atomic E-state index is 5.02. The quantitative estimate of drug-likeness (QED) is 0.417. The molecule has 0 aromatic rings. The minimum absolute atomic E-state index is 0.848. The Hall–Kier alpha value is -0.0000000000000000139. The van der Waals surface area contributed by atoms with Crippen LogP contribution in [0.5, 0.6) is 0 Å². The number of hydrogen-bond acceptors (Lipinski definition) is 2. The Morgan fingerprint density at radius 1 is 1.60 bits per heavy atom. The highest BCUT2D eigenvalue weighted by Crippen LogP contribution is 1.83. The predicted molar refractivity (Wildman–Crippen MR) is 24.9 cm³/mol. The molecule has 5 heavy (non-hydrogen) atoms. The van der Waals surface area contributed by atoms with Gasteiger partial charge < -0.3 is 0 Å². The third kappa shape index (κ3) is 4.00. The van der Waals surface area contributed by atoms with Gasteiger partial charge in [0.2, 0.25) is 0 Å². The van der Waals surface area contributed by atoms with E-state index in [0.717, 1.165) is 0 Å². The van der Waals surface area contributed by atoms with Crippen LogP contribution in [0, 0.1) is 5.63 Å². The van der Waals surface area contributed by atoms with Gasteiger partial charge in [-0.2, -0.15) is 0 Å². The van der Waals surface area contributed by atoms with Gasteiger partial charge in [0.1, 0.15) is 0 Å². The zero-order chi connectivity index (χ0) is 4.28. The third-order valence-corrected chi connectivity index (χ3v) is 0.775. The van der Waals surface area contributed by atoms with Crippen LogP contribution >= 0.6 is 7.68 Å². The van der Waals surface area contributed by atoms with Crippen LogP contribution in [0.4, 0.5) is 0 Å². The molecule has 0 amide bonds. The second-order valence-electron chi connectivity index (χ2n) is 0.631. The molecule has 0 heterocycles. The van der Waals surface area contributed by atoms with Gasteiger partial charge in [0.05, 0.1) is 0 Å². The summed E-state index contributed by atoms with van der Waals surface area (Å²) in [6.45, 7) is 1.73. The minimum atomic E-state index is -0.848. The first kappa shape index (κ1) is 5.00. The van der Waals surface area contributed by atoms with Crippen molar-refractivity contribution in [3.63, 3.8) is 0 Å². The van der Waals surface area contributed by atoms with E-state index in [9.17, 15) is 0 Å². The standard InChI is InChI=1S/C2H7N2P/c1-2-5(3)4/h3-4H2,1H3. The summed E-state index contributed by atoms with van der Waals surface area (Å²) >= 11 is 0. The molecule has 0 aliphatic rings. The van der Waals surface area contributed by atoms with Gasteiger partial charge in [-0.15, -0.1) is 5.63 Å². The molecule has 0 aromatic heterocycles. The first-order valence-corrected chi connectivity index (χ1v) is 2.72. The molecule has 0 spiro atoms. The van der Waals surface area contributed by atoms with E-state index in [-0.39, 0.29) is 0 Å². The number of rotatable bonds is 0. The van der Waals surface area contributed by atoms with Crippen molar-refractivity contribution in [3.8, 4) is 5.63 Å². The fourth-order valence-corrected chi connectivity index (χ4v) is 0. The topological polar surface area (TPSA) is 52.0 Å². The van der Waals surface area contributed by atoms with Crippen LogP contribution in [0.15, 0.2) is 0 Å². The molecule has 0 aromatic carbocycles. The summed E-state index contributed by atoms with van der Waals surface area (Å²) < 4.78 is 0. The summed E-state index contributed by atoms with van der Waals surface area (Å²) in [6.07, 6.45) is 0. The van der Waals surface area contributed by atoms with Crippen LogP contribution in [-0.2, 0) is 0 Å². The largest absolute Gasteiger partial charge is 0.274 e. The van der Waals surface area contributed by atoms with Crippen molar-refractivity contribution in [3.05, 3.63) is 0 Å². The molecule has 0 atom stereocenters. The Morgan fingerprint density at radius 3 is 1.80 bits per heavy atom. The molecule has 30 valence electrons. The van der Waals surface area contributed by atoms with Gasteiger partial charge >= 0.3 is 0 Å². The van der Waals surface area contributed by atoms with Crippen molar-refractivity contribution < 1.29 is 0 Å². The summed E-state index contributed by atoms with van der Waals surface area (Å²) in [5, 5.41) is 0. The summed E-state index contributed by atoms with van der Waals surface area (Å²) in [4.78, 5) is 0. The normalized spacial score (nSPS) is 6.20. The molecule has 4 N–H and O–H groups in total. The van der Waals surface area contributed by atoms with Gasteiger partial charge in [-0.25, -0.2) is 0 Å². The molecule has 0 aliphatic carbocycles. The second-order valence-corrected chi connectivity index (χ2v) is 1.89. The molecule has 2 nitrogen and oxygen atoms in total. The third-order valence-electron chi connectivity index (χ3n) is 0.258. The fraction of sp³-hybridized carbons (Fsp3) is 0.500. The van der Waals surface area contributed by atoms with Crippen molar-refractivity contribution in [2.45, 2.75) is 6.92 Å². The Kier molecular flexibility index (Phi) is 2.25. The highest BCUT2D eigenvalue weighted by atomic mass is 31.1. The molecular weight excluding hydrogens is 83.0 g/mol. The van der Waals surface area contributed by atoms with Gasteiger partial charge in [-0.1, -0.05) is 0 Å². The maximum Gasteiger partial charge on any atom is 0.0274 e. The highest BCUT2D eigenvalue weighted by Gasteiger charge is 1.51. The Bertz CT molecular complexity index is 78.8. The molecule has 0 radical (unpaired) electrons. The molecule has 0 bridgehead atoms. The van der Waals surface area contributed by atoms with Crippen molar-refractivity contribution in [1.82, 2.24) is 0 Å². The van der Waals surface area contributed by atoms with E-state index in [2.05, 4.69) is 5.63 Å². The second kappa shape index (κ2) is 2.25. The van der Waals surface area contributed by atoms with E-state index < -0.39 is 7.68 Å². The van der Waals surface area contributed by atoms with E-state index in [1.807, 2.05) is 0 Å². The van der Waals surface area contributed by atoms with Crippen molar-refractivity contribution in [2.75, 3.05) is 0 Å². The van der Waals surface area contributed by atoms with E-state index >= 15 is 0 Å². The SMILES string of the molecule is CC#P(N)N. The smallest absolute Gasteiger partial charge is 0.0274 e. The molecule has 0 aliphatic heterocycles. The van der Waals surface area contributed by atoms with Crippen molar-refractivity contribution >= 4 is 7.68 Å². The fourth-order valence-electron chi connectivity index (χ4n) is 0. The van der Waals surface area contributed by atoms with E-state index in [1.165, 1.54) is 0 Å². The van der Waals surface area contributed by atoms with Crippen molar-refractivity contribution in [2.24, 2.45) is 11.0 Å². The van der Waals surface area contributed by atoms with Gasteiger partial charge in [0.15, 0.2) is 0 Å². The van der Waals surface area contributed by atoms with Crippen molar-refractivity contribution in [1.29, 1.82) is 0 Å². The number of hydrogen-bond donors (Lipinski definition) is 2. The zero-order valence-electron chi connectivity index (χ0n) is 3.10. The summed E-state index contributed by atoms with van der Waals surface area (Å²) in [6, 6.07) is 0. The average molecular weight is 90.1 g/mol. The first-order valence-electron chi connectivity index (χ1n) is 1.24. The molecular formula is C2H7N2P. The average Bonchev–Trinajstić information content (AvgIpc) is 1.38. The molecule has 0 fully saturated rings. The van der Waals surface area contributed by atoms with Crippen LogP contribution in [-0.4, -0.2) is 0 Å². The highest BCUT2D eigenvalue weighted by molar-refractivity contribution is 7.41. The minimum Gasteiger partial charge on any atom is -0.274 e. The zero-order valence-corrected chi connectivity index (χ0v) is 4.00. The van der Waals surface area contributed by atoms with E-state index in [0.29, 0.717) is 0 Å². The monoisotopic (exact) mass is 90.0 g/mol. The Labute approximate surface area is 32.3 Å². The first-order chi connectivity index (χ1) is 2.27. The molecule has 0 saturated carbocycles. The van der Waals surface area contributed by atoms with Crippen LogP contribution in [0.2, 0.25) is 0 Å². The Morgan fingerprint density at radius 2 is 1.80 bits per heavy atom. The van der Waals surface area contributed by atoms with E-state index in [1.54, 1.807) is 6.92 Å². The Balaban J connectivity index is 3.42. The lowest BCUT2D eigenvalue weighted by molar-refractivity contribution is 1.82. The lowest BCUT2D eigenvalue weighted by atomic mass is 11.0.